The van der Waals surface area contributed by atoms with E-state index in [1.54, 1.807) is 0 Å². The summed E-state index contributed by atoms with van der Waals surface area (Å²) in [5.74, 6) is -1.09. The van der Waals surface area contributed by atoms with E-state index in [9.17, 15) is 13.2 Å². The van der Waals surface area contributed by atoms with Crippen LogP contribution in [-0.2, 0) is 0 Å². The van der Waals surface area contributed by atoms with E-state index >= 15 is 0 Å². The van der Waals surface area contributed by atoms with Crippen LogP contribution < -0.4 is 5.32 Å². The van der Waals surface area contributed by atoms with Gasteiger partial charge < -0.3 is 10.2 Å². The number of alkyl halides is 3. The Balaban J connectivity index is 2.21. The number of hydrogen-bond acceptors (Lipinski definition) is 2. The predicted molar refractivity (Wildman–Crippen MR) is 76.8 cm³/mol. The first-order valence-electron chi connectivity index (χ1n) is 7.65. The van der Waals surface area contributed by atoms with Gasteiger partial charge in [0, 0.05) is 11.6 Å². The Hall–Kier alpha value is -0.290. The second-order valence-corrected chi connectivity index (χ2v) is 7.02. The van der Waals surface area contributed by atoms with Gasteiger partial charge in [0.15, 0.2) is 0 Å². The summed E-state index contributed by atoms with van der Waals surface area (Å²) in [6.07, 6.45) is -1.38. The quantitative estimate of drug-likeness (QED) is 0.776. The van der Waals surface area contributed by atoms with Crippen molar-refractivity contribution in [2.24, 2.45) is 5.92 Å². The molecule has 0 saturated carbocycles. The molecule has 2 nitrogen and oxygen atoms in total. The van der Waals surface area contributed by atoms with Crippen LogP contribution in [-0.4, -0.2) is 42.3 Å². The van der Waals surface area contributed by atoms with Crippen LogP contribution >= 0.6 is 0 Å². The maximum absolute atomic E-state index is 12.6. The van der Waals surface area contributed by atoms with E-state index in [0.29, 0.717) is 19.1 Å². The fraction of sp³-hybridized carbons (Fsp3) is 1.00. The summed E-state index contributed by atoms with van der Waals surface area (Å²) in [6, 6.07) is 0.381. The molecule has 1 aliphatic rings. The van der Waals surface area contributed by atoms with Crippen molar-refractivity contribution < 1.29 is 13.2 Å². The third-order valence-corrected chi connectivity index (χ3v) is 4.07. The van der Waals surface area contributed by atoms with E-state index in [2.05, 4.69) is 37.9 Å². The average molecular weight is 294 g/mol. The molecule has 1 rings (SSSR count). The molecule has 20 heavy (non-hydrogen) atoms. The Kier molecular flexibility index (Phi) is 6.32. The van der Waals surface area contributed by atoms with E-state index in [-0.39, 0.29) is 18.4 Å². The first-order valence-corrected chi connectivity index (χ1v) is 7.65. The standard InChI is InChI=1S/C15H29F3N2/c1-12(6-5-9-19-14(2,3)4)20-10-7-13(8-11-20)15(16,17)18/h12-13,19H,5-11H2,1-4H3. The summed E-state index contributed by atoms with van der Waals surface area (Å²) >= 11 is 0. The smallest absolute Gasteiger partial charge is 0.312 e. The van der Waals surface area contributed by atoms with Crippen molar-refractivity contribution in [2.45, 2.75) is 71.1 Å². The van der Waals surface area contributed by atoms with Crippen molar-refractivity contribution in [1.29, 1.82) is 0 Å². The molecule has 0 amide bonds. The number of rotatable bonds is 5. The van der Waals surface area contributed by atoms with Crippen molar-refractivity contribution in [3.63, 3.8) is 0 Å². The van der Waals surface area contributed by atoms with Crippen LogP contribution in [0.25, 0.3) is 0 Å². The lowest BCUT2D eigenvalue weighted by molar-refractivity contribution is -0.186. The lowest BCUT2D eigenvalue weighted by Crippen LogP contribution is -2.43. The molecule has 1 N–H and O–H groups in total. The van der Waals surface area contributed by atoms with E-state index < -0.39 is 12.1 Å². The van der Waals surface area contributed by atoms with Gasteiger partial charge in [0.25, 0.3) is 0 Å². The van der Waals surface area contributed by atoms with E-state index in [0.717, 1.165) is 19.4 Å². The van der Waals surface area contributed by atoms with Gasteiger partial charge in [-0.25, -0.2) is 0 Å². The molecule has 0 aromatic heterocycles. The van der Waals surface area contributed by atoms with Crippen LogP contribution in [0, 0.1) is 5.92 Å². The zero-order chi connectivity index (χ0) is 15.4. The number of piperidine rings is 1. The molecule has 0 aromatic carbocycles. The zero-order valence-electron chi connectivity index (χ0n) is 13.2. The summed E-state index contributed by atoms with van der Waals surface area (Å²) in [5, 5.41) is 3.44. The zero-order valence-corrected chi connectivity index (χ0v) is 13.2. The van der Waals surface area contributed by atoms with E-state index in [1.165, 1.54) is 0 Å². The lowest BCUT2D eigenvalue weighted by atomic mass is 9.95. The van der Waals surface area contributed by atoms with Gasteiger partial charge >= 0.3 is 6.18 Å². The Morgan fingerprint density at radius 3 is 2.15 bits per heavy atom. The van der Waals surface area contributed by atoms with Gasteiger partial charge in [0.1, 0.15) is 0 Å². The highest BCUT2D eigenvalue weighted by Crippen LogP contribution is 2.34. The van der Waals surface area contributed by atoms with Gasteiger partial charge in [-0.05, 0) is 73.0 Å². The molecule has 5 heteroatoms. The minimum absolute atomic E-state index is 0.133. The molecule has 1 unspecified atom stereocenters. The monoisotopic (exact) mass is 294 g/mol. The highest BCUT2D eigenvalue weighted by atomic mass is 19.4. The topological polar surface area (TPSA) is 15.3 Å². The molecule has 0 aromatic rings. The largest absolute Gasteiger partial charge is 0.391 e. The van der Waals surface area contributed by atoms with Gasteiger partial charge in [0.2, 0.25) is 0 Å². The van der Waals surface area contributed by atoms with Gasteiger partial charge in [0.05, 0.1) is 5.92 Å². The SMILES string of the molecule is CC(CCCNC(C)(C)C)N1CCC(C(F)(F)F)CC1. The third kappa shape index (κ3) is 6.44. The Morgan fingerprint density at radius 1 is 1.15 bits per heavy atom. The Bertz CT molecular complexity index is 276. The summed E-state index contributed by atoms with van der Waals surface area (Å²) in [4.78, 5) is 2.21. The van der Waals surface area contributed by atoms with Crippen LogP contribution in [0.3, 0.4) is 0 Å². The molecule has 0 radical (unpaired) electrons. The predicted octanol–water partition coefficient (Wildman–Crippen LogP) is 3.82. The molecule has 120 valence electrons. The summed E-state index contributed by atoms with van der Waals surface area (Å²) in [6.45, 7) is 10.7. The second kappa shape index (κ2) is 7.12. The van der Waals surface area contributed by atoms with Crippen LogP contribution in [0.5, 0.6) is 0 Å². The number of likely N-dealkylation sites (tertiary alicyclic amines) is 1. The van der Waals surface area contributed by atoms with Crippen LogP contribution in [0.15, 0.2) is 0 Å². The molecular weight excluding hydrogens is 265 g/mol. The maximum Gasteiger partial charge on any atom is 0.391 e. The van der Waals surface area contributed by atoms with E-state index in [4.69, 9.17) is 0 Å². The summed E-state index contributed by atoms with van der Waals surface area (Å²) < 4.78 is 37.8. The van der Waals surface area contributed by atoms with Gasteiger partial charge in [-0.1, -0.05) is 0 Å². The van der Waals surface area contributed by atoms with Crippen LogP contribution in [0.4, 0.5) is 13.2 Å². The number of hydrogen-bond donors (Lipinski definition) is 1. The van der Waals surface area contributed by atoms with Crippen LogP contribution in [0.2, 0.25) is 0 Å². The fourth-order valence-electron chi connectivity index (χ4n) is 2.71. The highest BCUT2D eigenvalue weighted by Gasteiger charge is 2.41. The normalized spacial score (nSPS) is 21.1. The van der Waals surface area contributed by atoms with Gasteiger partial charge in [-0.3, -0.25) is 0 Å². The van der Waals surface area contributed by atoms with E-state index in [1.807, 2.05) is 0 Å². The van der Waals surface area contributed by atoms with Gasteiger partial charge in [-0.2, -0.15) is 13.2 Å². The Labute approximate surface area is 121 Å². The molecule has 1 heterocycles. The minimum atomic E-state index is -4.01. The van der Waals surface area contributed by atoms with Crippen molar-refractivity contribution >= 4 is 0 Å². The molecule has 1 atom stereocenters. The maximum atomic E-state index is 12.6. The summed E-state index contributed by atoms with van der Waals surface area (Å²) in [7, 11) is 0. The minimum Gasteiger partial charge on any atom is -0.312 e. The van der Waals surface area contributed by atoms with Crippen molar-refractivity contribution in [3.8, 4) is 0 Å². The number of halogens is 3. The molecule has 1 aliphatic heterocycles. The summed E-state index contributed by atoms with van der Waals surface area (Å²) in [5.41, 5.74) is 0.133. The third-order valence-electron chi connectivity index (χ3n) is 4.07. The lowest BCUT2D eigenvalue weighted by Gasteiger charge is -2.36. The molecular formula is C15H29F3N2. The molecule has 0 aliphatic carbocycles. The Morgan fingerprint density at radius 2 is 1.70 bits per heavy atom. The fourth-order valence-corrected chi connectivity index (χ4v) is 2.71. The highest BCUT2D eigenvalue weighted by molar-refractivity contribution is 4.80. The first kappa shape index (κ1) is 17.8. The molecule has 1 fully saturated rings. The van der Waals surface area contributed by atoms with Crippen LogP contribution in [0.1, 0.15) is 53.4 Å². The van der Waals surface area contributed by atoms with Gasteiger partial charge in [-0.15, -0.1) is 0 Å². The van der Waals surface area contributed by atoms with Crippen molar-refractivity contribution in [2.75, 3.05) is 19.6 Å². The molecule has 0 bridgehead atoms. The second-order valence-electron chi connectivity index (χ2n) is 7.02. The van der Waals surface area contributed by atoms with Crippen molar-refractivity contribution in [1.82, 2.24) is 10.2 Å². The average Bonchev–Trinajstić information content (AvgIpc) is 2.32. The molecule has 0 spiro atoms. The van der Waals surface area contributed by atoms with Crippen molar-refractivity contribution in [3.05, 3.63) is 0 Å². The first-order chi connectivity index (χ1) is 9.09. The number of nitrogens with zero attached hydrogens (tertiary/aromatic N) is 1. The number of nitrogens with one attached hydrogen (secondary N) is 1. The molecule has 1 saturated heterocycles.